The predicted molar refractivity (Wildman–Crippen MR) is 43.5 cm³/mol. The molecule has 0 aromatic rings. The van der Waals surface area contributed by atoms with Gasteiger partial charge in [-0.3, -0.25) is 0 Å². The Hall–Kier alpha value is -0.780. The Morgan fingerprint density at radius 3 is 2.83 bits per heavy atom. The molecule has 0 aliphatic carbocycles. The summed E-state index contributed by atoms with van der Waals surface area (Å²) in [5.74, 6) is 0. The monoisotopic (exact) mass is 175 g/mol. The molecule has 0 heterocycles. The molecular formula is C7H13NO4. The molecule has 12 heavy (non-hydrogen) atoms. The van der Waals surface area contributed by atoms with E-state index in [-0.39, 0.29) is 13.2 Å². The SMILES string of the molecule is O=NCC/C=C/COC(O)CO. The largest absolute Gasteiger partial charge is 0.391 e. The van der Waals surface area contributed by atoms with Gasteiger partial charge < -0.3 is 14.9 Å². The van der Waals surface area contributed by atoms with Crippen LogP contribution in [0.15, 0.2) is 17.3 Å². The molecule has 0 fully saturated rings. The topological polar surface area (TPSA) is 79.1 Å². The van der Waals surface area contributed by atoms with Crippen molar-refractivity contribution < 1.29 is 14.9 Å². The third-order valence-corrected chi connectivity index (χ3v) is 1.09. The molecule has 0 aromatic heterocycles. The van der Waals surface area contributed by atoms with E-state index in [1.807, 2.05) is 0 Å². The molecule has 0 aliphatic heterocycles. The van der Waals surface area contributed by atoms with Gasteiger partial charge in [-0.2, -0.15) is 4.91 Å². The predicted octanol–water partition coefficient (Wildman–Crippen LogP) is 0.0264. The number of nitrogens with zero attached hydrogens (tertiary/aromatic N) is 1. The first-order valence-electron chi connectivity index (χ1n) is 3.66. The highest BCUT2D eigenvalue weighted by atomic mass is 16.6. The van der Waals surface area contributed by atoms with E-state index in [0.717, 1.165) is 0 Å². The van der Waals surface area contributed by atoms with E-state index in [9.17, 15) is 4.91 Å². The molecule has 1 unspecified atom stereocenters. The lowest BCUT2D eigenvalue weighted by Crippen LogP contribution is -2.16. The van der Waals surface area contributed by atoms with Crippen molar-refractivity contribution in [3.63, 3.8) is 0 Å². The molecular weight excluding hydrogens is 162 g/mol. The lowest BCUT2D eigenvalue weighted by Gasteiger charge is -2.04. The Morgan fingerprint density at radius 2 is 2.25 bits per heavy atom. The van der Waals surface area contributed by atoms with Crippen LogP contribution in [0.2, 0.25) is 0 Å². The summed E-state index contributed by atoms with van der Waals surface area (Å²) >= 11 is 0. The molecule has 2 N–H and O–H groups in total. The third kappa shape index (κ3) is 7.33. The van der Waals surface area contributed by atoms with Crippen LogP contribution in [-0.4, -0.2) is 36.3 Å². The zero-order valence-electron chi connectivity index (χ0n) is 6.72. The molecule has 1 atom stereocenters. The van der Waals surface area contributed by atoms with Crippen molar-refractivity contribution in [2.24, 2.45) is 5.18 Å². The quantitative estimate of drug-likeness (QED) is 0.247. The number of hydrogen-bond acceptors (Lipinski definition) is 5. The lowest BCUT2D eigenvalue weighted by atomic mass is 10.4. The van der Waals surface area contributed by atoms with Gasteiger partial charge in [-0.15, -0.1) is 0 Å². The summed E-state index contributed by atoms with van der Waals surface area (Å²) in [6, 6.07) is 0. The van der Waals surface area contributed by atoms with Gasteiger partial charge in [0, 0.05) is 0 Å². The van der Waals surface area contributed by atoms with Crippen LogP contribution in [0.3, 0.4) is 0 Å². The summed E-state index contributed by atoms with van der Waals surface area (Å²) in [6.45, 7) is 0.0589. The van der Waals surface area contributed by atoms with E-state index in [0.29, 0.717) is 6.42 Å². The standard InChI is InChI=1S/C7H13NO4/c9-6-7(10)12-5-3-1-2-4-8-11/h1,3,7,9-10H,2,4-6H2/b3-1+. The van der Waals surface area contributed by atoms with Crippen LogP contribution in [0.1, 0.15) is 6.42 Å². The Balaban J connectivity index is 3.17. The summed E-state index contributed by atoms with van der Waals surface area (Å²) in [6.07, 6.45) is 2.83. The molecule has 0 radical (unpaired) electrons. The fourth-order valence-corrected chi connectivity index (χ4v) is 0.532. The number of aliphatic hydroxyl groups is 2. The number of aliphatic hydroxyl groups excluding tert-OH is 2. The molecule has 5 nitrogen and oxygen atoms in total. The van der Waals surface area contributed by atoms with E-state index in [1.54, 1.807) is 12.2 Å². The summed E-state index contributed by atoms with van der Waals surface area (Å²) < 4.78 is 4.68. The van der Waals surface area contributed by atoms with Crippen molar-refractivity contribution in [3.8, 4) is 0 Å². The fraction of sp³-hybridized carbons (Fsp3) is 0.714. The fourth-order valence-electron chi connectivity index (χ4n) is 0.532. The van der Waals surface area contributed by atoms with Crippen LogP contribution in [0.5, 0.6) is 0 Å². The van der Waals surface area contributed by atoms with Crippen molar-refractivity contribution >= 4 is 0 Å². The van der Waals surface area contributed by atoms with E-state index < -0.39 is 12.9 Å². The Bertz CT molecular complexity index is 137. The molecule has 0 rings (SSSR count). The van der Waals surface area contributed by atoms with Gasteiger partial charge in [0.1, 0.15) is 0 Å². The second-order valence-corrected chi connectivity index (χ2v) is 2.08. The number of rotatable bonds is 7. The van der Waals surface area contributed by atoms with Gasteiger partial charge in [0.2, 0.25) is 0 Å². The van der Waals surface area contributed by atoms with Gasteiger partial charge in [0.05, 0.1) is 19.8 Å². The molecule has 0 amide bonds. The van der Waals surface area contributed by atoms with E-state index in [4.69, 9.17) is 10.2 Å². The first-order valence-corrected chi connectivity index (χ1v) is 3.66. The van der Waals surface area contributed by atoms with Gasteiger partial charge >= 0.3 is 0 Å². The zero-order chi connectivity index (χ0) is 9.23. The molecule has 0 aromatic carbocycles. The van der Waals surface area contributed by atoms with Gasteiger partial charge in [-0.1, -0.05) is 17.3 Å². The molecule has 0 saturated heterocycles. The van der Waals surface area contributed by atoms with E-state index in [2.05, 4.69) is 9.91 Å². The number of nitroso groups, excluding NO2 is 1. The first-order chi connectivity index (χ1) is 5.81. The van der Waals surface area contributed by atoms with Crippen molar-refractivity contribution in [1.82, 2.24) is 0 Å². The van der Waals surface area contributed by atoms with Crippen LogP contribution in [-0.2, 0) is 4.74 Å². The van der Waals surface area contributed by atoms with Crippen LogP contribution in [0.25, 0.3) is 0 Å². The van der Waals surface area contributed by atoms with E-state index >= 15 is 0 Å². The van der Waals surface area contributed by atoms with Gasteiger partial charge in [-0.25, -0.2) is 0 Å². The van der Waals surface area contributed by atoms with Gasteiger partial charge in [0.25, 0.3) is 0 Å². The van der Waals surface area contributed by atoms with Crippen molar-refractivity contribution in [1.29, 1.82) is 0 Å². The van der Waals surface area contributed by atoms with Crippen LogP contribution in [0, 0.1) is 4.91 Å². The van der Waals surface area contributed by atoms with Crippen LogP contribution in [0.4, 0.5) is 0 Å². The average molecular weight is 175 g/mol. The second-order valence-electron chi connectivity index (χ2n) is 2.08. The first kappa shape index (κ1) is 11.2. The maximum Gasteiger partial charge on any atom is 0.178 e. The minimum absolute atomic E-state index is 0.223. The van der Waals surface area contributed by atoms with Crippen molar-refractivity contribution in [3.05, 3.63) is 17.1 Å². The van der Waals surface area contributed by atoms with Crippen LogP contribution < -0.4 is 0 Å². The molecule has 0 aliphatic rings. The van der Waals surface area contributed by atoms with Gasteiger partial charge in [-0.05, 0) is 6.42 Å². The highest BCUT2D eigenvalue weighted by Crippen LogP contribution is 1.88. The Morgan fingerprint density at radius 1 is 1.50 bits per heavy atom. The minimum atomic E-state index is -1.13. The molecule has 0 saturated carbocycles. The zero-order valence-corrected chi connectivity index (χ0v) is 6.72. The summed E-state index contributed by atoms with van der Waals surface area (Å²) in [5.41, 5.74) is 0. The minimum Gasteiger partial charge on any atom is -0.391 e. The highest BCUT2D eigenvalue weighted by Gasteiger charge is 1.96. The highest BCUT2D eigenvalue weighted by molar-refractivity contribution is 4.81. The number of ether oxygens (including phenoxy) is 1. The number of hydrogen-bond donors (Lipinski definition) is 2. The molecule has 0 spiro atoms. The average Bonchev–Trinajstić information content (AvgIpc) is 2.10. The Kier molecular flexibility index (Phi) is 7.78. The molecule has 0 bridgehead atoms. The summed E-state index contributed by atoms with van der Waals surface area (Å²) in [7, 11) is 0. The second kappa shape index (κ2) is 8.32. The normalized spacial score (nSPS) is 13.5. The maximum absolute atomic E-state index is 9.60. The molecule has 5 heteroatoms. The summed E-state index contributed by atoms with van der Waals surface area (Å²) in [4.78, 5) is 9.60. The molecule has 70 valence electrons. The van der Waals surface area contributed by atoms with Gasteiger partial charge in [0.15, 0.2) is 6.29 Å². The summed E-state index contributed by atoms with van der Waals surface area (Å²) in [5, 5.41) is 19.7. The third-order valence-electron chi connectivity index (χ3n) is 1.09. The van der Waals surface area contributed by atoms with E-state index in [1.165, 1.54) is 0 Å². The van der Waals surface area contributed by atoms with Crippen molar-refractivity contribution in [2.45, 2.75) is 12.7 Å². The lowest BCUT2D eigenvalue weighted by molar-refractivity contribution is -0.115. The Labute approximate surface area is 70.6 Å². The smallest absolute Gasteiger partial charge is 0.178 e. The maximum atomic E-state index is 9.60. The van der Waals surface area contributed by atoms with Crippen molar-refractivity contribution in [2.75, 3.05) is 19.8 Å². The van der Waals surface area contributed by atoms with Crippen LogP contribution >= 0.6 is 0 Å².